The number of aromatic nitrogens is 3. The van der Waals surface area contributed by atoms with Gasteiger partial charge in [0.15, 0.2) is 6.29 Å². The summed E-state index contributed by atoms with van der Waals surface area (Å²) in [4.78, 5) is 10.8. The third kappa shape index (κ3) is 1.66. The van der Waals surface area contributed by atoms with Crippen LogP contribution in [-0.2, 0) is 6.54 Å². The van der Waals surface area contributed by atoms with Crippen LogP contribution in [0.1, 0.15) is 18.8 Å². The Balaban J connectivity index is 3.17. The fraction of sp³-hybridized carbons (Fsp3) is 0.500. The molecule has 6 nitrogen and oxygen atoms in total. The SMILES string of the molecule is CCn1cc(C(O)O)c(=O)nn1. The number of aliphatic hydroxyl groups excluding tert-OH is 1. The molecule has 0 fully saturated rings. The molecule has 1 heterocycles. The van der Waals surface area contributed by atoms with Crippen LogP contribution in [-0.4, -0.2) is 25.2 Å². The summed E-state index contributed by atoms with van der Waals surface area (Å²) in [7, 11) is 0. The lowest BCUT2D eigenvalue weighted by atomic mass is 10.3. The predicted octanol–water partition coefficient (Wildman–Crippen LogP) is -1.36. The summed E-state index contributed by atoms with van der Waals surface area (Å²) in [5.41, 5.74) is -0.874. The Kier molecular flexibility index (Phi) is 2.51. The van der Waals surface area contributed by atoms with Crippen LogP contribution in [0.3, 0.4) is 0 Å². The van der Waals surface area contributed by atoms with Crippen molar-refractivity contribution in [1.29, 1.82) is 0 Å². The highest BCUT2D eigenvalue weighted by molar-refractivity contribution is 5.03. The minimum atomic E-state index is -1.79. The Morgan fingerprint density at radius 2 is 2.33 bits per heavy atom. The molecule has 0 saturated carbocycles. The van der Waals surface area contributed by atoms with Crippen LogP contribution in [0.4, 0.5) is 0 Å². The molecular formula is C6H9N3O3. The first-order valence-electron chi connectivity index (χ1n) is 3.45. The fourth-order valence-corrected chi connectivity index (χ4v) is 0.729. The van der Waals surface area contributed by atoms with Crippen molar-refractivity contribution in [2.24, 2.45) is 0 Å². The quantitative estimate of drug-likeness (QED) is 0.536. The monoisotopic (exact) mass is 171 g/mol. The third-order valence-corrected chi connectivity index (χ3v) is 1.39. The maximum absolute atomic E-state index is 10.8. The van der Waals surface area contributed by atoms with Gasteiger partial charge in [-0.3, -0.25) is 9.48 Å². The van der Waals surface area contributed by atoms with E-state index in [9.17, 15) is 4.79 Å². The number of aliphatic hydroxyl groups is 2. The van der Waals surface area contributed by atoms with Crippen LogP contribution in [0.5, 0.6) is 0 Å². The second-order valence-corrected chi connectivity index (χ2v) is 2.21. The van der Waals surface area contributed by atoms with Crippen molar-refractivity contribution in [2.75, 3.05) is 0 Å². The van der Waals surface area contributed by atoms with Gasteiger partial charge >= 0.3 is 0 Å². The molecule has 0 aliphatic rings. The van der Waals surface area contributed by atoms with Gasteiger partial charge in [0.25, 0.3) is 5.56 Å². The van der Waals surface area contributed by atoms with E-state index in [0.717, 1.165) is 0 Å². The molecule has 0 bridgehead atoms. The normalized spacial score (nSPS) is 10.7. The average Bonchev–Trinajstić information content (AvgIpc) is 2.05. The van der Waals surface area contributed by atoms with E-state index in [2.05, 4.69) is 10.3 Å². The molecule has 66 valence electrons. The zero-order valence-electron chi connectivity index (χ0n) is 6.51. The van der Waals surface area contributed by atoms with Gasteiger partial charge in [0.2, 0.25) is 0 Å². The predicted molar refractivity (Wildman–Crippen MR) is 39.1 cm³/mol. The maximum Gasteiger partial charge on any atom is 0.299 e. The largest absolute Gasteiger partial charge is 0.364 e. The van der Waals surface area contributed by atoms with Crippen LogP contribution in [0.2, 0.25) is 0 Å². The Morgan fingerprint density at radius 1 is 1.67 bits per heavy atom. The molecule has 1 aromatic rings. The van der Waals surface area contributed by atoms with Gasteiger partial charge in [-0.2, -0.15) is 0 Å². The van der Waals surface area contributed by atoms with Gasteiger partial charge in [-0.15, -0.1) is 0 Å². The van der Waals surface area contributed by atoms with Gasteiger partial charge in [0.05, 0.1) is 5.56 Å². The molecule has 1 aromatic heterocycles. The summed E-state index contributed by atoms with van der Waals surface area (Å²) in [5.74, 6) is 0. The van der Waals surface area contributed by atoms with Gasteiger partial charge in [0, 0.05) is 12.7 Å². The summed E-state index contributed by atoms with van der Waals surface area (Å²) in [6.07, 6.45) is -0.522. The van der Waals surface area contributed by atoms with E-state index in [1.165, 1.54) is 10.9 Å². The van der Waals surface area contributed by atoms with Crippen molar-refractivity contribution in [1.82, 2.24) is 15.0 Å². The Hall–Kier alpha value is -1.27. The number of aryl methyl sites for hydroxylation is 1. The average molecular weight is 171 g/mol. The molecule has 2 N–H and O–H groups in total. The van der Waals surface area contributed by atoms with Crippen molar-refractivity contribution >= 4 is 0 Å². The van der Waals surface area contributed by atoms with Crippen LogP contribution >= 0.6 is 0 Å². The highest BCUT2D eigenvalue weighted by Gasteiger charge is 2.09. The van der Waals surface area contributed by atoms with Gasteiger partial charge < -0.3 is 10.2 Å². The second kappa shape index (κ2) is 3.42. The highest BCUT2D eigenvalue weighted by Crippen LogP contribution is 1.99. The molecule has 0 saturated heterocycles. The molecule has 0 amide bonds. The highest BCUT2D eigenvalue weighted by atomic mass is 16.5. The van der Waals surface area contributed by atoms with Crippen molar-refractivity contribution < 1.29 is 10.2 Å². The number of rotatable bonds is 2. The molecule has 0 unspecified atom stereocenters. The van der Waals surface area contributed by atoms with Crippen molar-refractivity contribution in [3.8, 4) is 0 Å². The van der Waals surface area contributed by atoms with Gasteiger partial charge in [-0.05, 0) is 6.92 Å². The zero-order valence-corrected chi connectivity index (χ0v) is 6.51. The molecule has 0 atom stereocenters. The molecule has 0 aliphatic carbocycles. The topological polar surface area (TPSA) is 88.2 Å². The van der Waals surface area contributed by atoms with E-state index in [0.29, 0.717) is 6.54 Å². The number of hydrogen-bond donors (Lipinski definition) is 2. The fourth-order valence-electron chi connectivity index (χ4n) is 0.729. The van der Waals surface area contributed by atoms with Gasteiger partial charge in [-0.1, -0.05) is 10.3 Å². The molecule has 0 spiro atoms. The summed E-state index contributed by atoms with van der Waals surface area (Å²) in [5, 5.41) is 24.1. The van der Waals surface area contributed by atoms with E-state index >= 15 is 0 Å². The van der Waals surface area contributed by atoms with Gasteiger partial charge in [-0.25, -0.2) is 0 Å². The summed E-state index contributed by atoms with van der Waals surface area (Å²) in [6, 6.07) is 0. The lowest BCUT2D eigenvalue weighted by Crippen LogP contribution is -2.21. The molecule has 0 aromatic carbocycles. The lowest BCUT2D eigenvalue weighted by molar-refractivity contribution is -0.0443. The number of hydrogen-bond acceptors (Lipinski definition) is 5. The molecule has 0 radical (unpaired) electrons. The van der Waals surface area contributed by atoms with E-state index in [-0.39, 0.29) is 5.56 Å². The Bertz CT molecular complexity index is 320. The summed E-state index contributed by atoms with van der Waals surface area (Å²) < 4.78 is 1.34. The van der Waals surface area contributed by atoms with E-state index in [1.54, 1.807) is 6.92 Å². The summed E-state index contributed by atoms with van der Waals surface area (Å²) in [6.45, 7) is 2.32. The van der Waals surface area contributed by atoms with Crippen molar-refractivity contribution in [2.45, 2.75) is 19.8 Å². The zero-order chi connectivity index (χ0) is 9.14. The van der Waals surface area contributed by atoms with Crippen LogP contribution in [0.15, 0.2) is 11.0 Å². The summed E-state index contributed by atoms with van der Waals surface area (Å²) >= 11 is 0. The van der Waals surface area contributed by atoms with Crippen LogP contribution in [0.25, 0.3) is 0 Å². The number of nitrogens with zero attached hydrogens (tertiary/aromatic N) is 3. The molecule has 0 aliphatic heterocycles. The molecule has 1 rings (SSSR count). The molecule has 12 heavy (non-hydrogen) atoms. The van der Waals surface area contributed by atoms with Gasteiger partial charge in [0.1, 0.15) is 0 Å². The van der Waals surface area contributed by atoms with E-state index in [4.69, 9.17) is 10.2 Å². The molecule has 6 heteroatoms. The van der Waals surface area contributed by atoms with Crippen molar-refractivity contribution in [3.63, 3.8) is 0 Å². The minimum Gasteiger partial charge on any atom is -0.364 e. The Labute approximate surface area is 68.1 Å². The third-order valence-electron chi connectivity index (χ3n) is 1.39. The first-order valence-corrected chi connectivity index (χ1v) is 3.45. The smallest absolute Gasteiger partial charge is 0.299 e. The second-order valence-electron chi connectivity index (χ2n) is 2.21. The minimum absolute atomic E-state index is 0.160. The van der Waals surface area contributed by atoms with E-state index < -0.39 is 11.8 Å². The first-order chi connectivity index (χ1) is 5.65. The maximum atomic E-state index is 10.8. The van der Waals surface area contributed by atoms with E-state index in [1.807, 2.05) is 0 Å². The Morgan fingerprint density at radius 3 is 2.83 bits per heavy atom. The first kappa shape index (κ1) is 8.82. The van der Waals surface area contributed by atoms with Crippen LogP contribution in [0, 0.1) is 0 Å². The van der Waals surface area contributed by atoms with Crippen LogP contribution < -0.4 is 5.56 Å². The van der Waals surface area contributed by atoms with Crippen molar-refractivity contribution in [3.05, 3.63) is 22.1 Å². The molecular weight excluding hydrogens is 162 g/mol. The lowest BCUT2D eigenvalue weighted by Gasteiger charge is -2.03. The standard InChI is InChI=1S/C6H9N3O3/c1-2-9-3-4(6(11)12)5(10)7-8-9/h3,6,11-12H,2H2,1H3.